The van der Waals surface area contributed by atoms with Crippen LogP contribution in [-0.2, 0) is 7.05 Å². The first-order valence-corrected chi connectivity index (χ1v) is 9.71. The molecule has 1 aliphatic rings. The number of aromatic nitrogens is 1. The Kier molecular flexibility index (Phi) is 4.74. The van der Waals surface area contributed by atoms with Crippen molar-refractivity contribution in [3.8, 4) is 5.75 Å². The van der Waals surface area contributed by atoms with Crippen molar-refractivity contribution < 1.29 is 9.30 Å². The van der Waals surface area contributed by atoms with Gasteiger partial charge in [-0.1, -0.05) is 23.9 Å². The van der Waals surface area contributed by atoms with E-state index in [-0.39, 0.29) is 0 Å². The van der Waals surface area contributed by atoms with E-state index in [2.05, 4.69) is 84.6 Å². The molecular formula is C21H24N3OS+. The first kappa shape index (κ1) is 17.2. The van der Waals surface area contributed by atoms with Gasteiger partial charge in [-0.25, -0.2) is 0 Å². The molecule has 2 heterocycles. The smallest absolute Gasteiger partial charge is 0.214 e. The molecule has 0 atom stereocenters. The maximum Gasteiger partial charge on any atom is 0.214 e. The molecule has 4 rings (SSSR count). The Morgan fingerprint density at radius 2 is 1.96 bits per heavy atom. The molecule has 1 N–H and O–H groups in total. The number of fused-ring (bicyclic) bond motifs is 4. The highest BCUT2D eigenvalue weighted by molar-refractivity contribution is 7.99. The Labute approximate surface area is 158 Å². The van der Waals surface area contributed by atoms with Crippen molar-refractivity contribution in [3.63, 3.8) is 0 Å². The topological polar surface area (TPSA) is 28.4 Å². The monoisotopic (exact) mass is 366 g/mol. The number of ether oxygens (including phenoxy) is 1. The molecule has 134 valence electrons. The summed E-state index contributed by atoms with van der Waals surface area (Å²) in [5, 5.41) is 4.88. The molecule has 0 aliphatic carbocycles. The Bertz CT molecular complexity index is 955. The minimum atomic E-state index is 0.736. The maximum atomic E-state index is 5.94. The summed E-state index contributed by atoms with van der Waals surface area (Å²) < 4.78 is 8.13. The molecule has 0 spiro atoms. The molecule has 1 aromatic heterocycles. The first-order chi connectivity index (χ1) is 12.6. The molecule has 4 nitrogen and oxygen atoms in total. The SMILES string of the molecule is CN(C)CCCOc1ccc2c(c1)Nc1c(c[n+](C)c3ccccc13)S2. The summed E-state index contributed by atoms with van der Waals surface area (Å²) in [7, 11) is 6.27. The molecule has 2 aromatic carbocycles. The third-order valence-electron chi connectivity index (χ3n) is 4.56. The van der Waals surface area contributed by atoms with E-state index in [1.165, 1.54) is 26.4 Å². The van der Waals surface area contributed by atoms with Crippen LogP contribution < -0.4 is 14.6 Å². The number of benzene rings is 2. The van der Waals surface area contributed by atoms with Crippen LogP contribution in [0.3, 0.4) is 0 Å². The Morgan fingerprint density at radius 1 is 1.12 bits per heavy atom. The van der Waals surface area contributed by atoms with E-state index in [0.717, 1.165) is 31.0 Å². The van der Waals surface area contributed by atoms with Crippen molar-refractivity contribution in [2.75, 3.05) is 32.6 Å². The number of nitrogens with zero attached hydrogens (tertiary/aromatic N) is 2. The zero-order valence-corrected chi connectivity index (χ0v) is 16.3. The Morgan fingerprint density at radius 3 is 2.81 bits per heavy atom. The molecule has 0 saturated heterocycles. The average Bonchev–Trinajstić information content (AvgIpc) is 2.64. The number of hydrogen-bond donors (Lipinski definition) is 1. The van der Waals surface area contributed by atoms with E-state index in [9.17, 15) is 0 Å². The van der Waals surface area contributed by atoms with Crippen LogP contribution in [0.2, 0.25) is 0 Å². The summed E-state index contributed by atoms with van der Waals surface area (Å²) in [5.41, 5.74) is 3.52. The molecule has 0 fully saturated rings. The van der Waals surface area contributed by atoms with Gasteiger partial charge in [0.05, 0.1) is 23.4 Å². The maximum absolute atomic E-state index is 5.94. The van der Waals surface area contributed by atoms with Crippen molar-refractivity contribution in [1.29, 1.82) is 0 Å². The fourth-order valence-electron chi connectivity index (χ4n) is 3.25. The number of para-hydroxylation sites is 1. The zero-order chi connectivity index (χ0) is 18.1. The first-order valence-electron chi connectivity index (χ1n) is 8.89. The van der Waals surface area contributed by atoms with Crippen molar-refractivity contribution >= 4 is 34.0 Å². The summed E-state index contributed by atoms with van der Waals surface area (Å²) in [5.74, 6) is 0.921. The zero-order valence-electron chi connectivity index (χ0n) is 15.5. The molecule has 26 heavy (non-hydrogen) atoms. The van der Waals surface area contributed by atoms with Crippen LogP contribution in [0.5, 0.6) is 5.75 Å². The lowest BCUT2D eigenvalue weighted by molar-refractivity contribution is -0.646. The van der Waals surface area contributed by atoms with Crippen LogP contribution in [0, 0.1) is 0 Å². The largest absolute Gasteiger partial charge is 0.493 e. The summed E-state index contributed by atoms with van der Waals surface area (Å²) in [6.07, 6.45) is 3.22. The molecule has 0 amide bonds. The minimum absolute atomic E-state index is 0.736. The van der Waals surface area contributed by atoms with Gasteiger partial charge in [0.25, 0.3) is 0 Å². The van der Waals surface area contributed by atoms with Gasteiger partial charge >= 0.3 is 0 Å². The number of pyridine rings is 1. The van der Waals surface area contributed by atoms with Crippen molar-refractivity contribution in [2.24, 2.45) is 7.05 Å². The van der Waals surface area contributed by atoms with Crippen LogP contribution in [0.4, 0.5) is 11.4 Å². The van der Waals surface area contributed by atoms with E-state index in [4.69, 9.17) is 4.74 Å². The van der Waals surface area contributed by atoms with Gasteiger partial charge in [-0.05, 0) is 38.7 Å². The summed E-state index contributed by atoms with van der Waals surface area (Å²) in [4.78, 5) is 4.66. The lowest BCUT2D eigenvalue weighted by atomic mass is 10.1. The van der Waals surface area contributed by atoms with Crippen molar-refractivity contribution in [2.45, 2.75) is 16.2 Å². The molecule has 0 unspecified atom stereocenters. The van der Waals surface area contributed by atoms with Crippen LogP contribution in [0.1, 0.15) is 6.42 Å². The second kappa shape index (κ2) is 7.17. The van der Waals surface area contributed by atoms with Crippen LogP contribution in [0.15, 0.2) is 58.5 Å². The highest BCUT2D eigenvalue weighted by Crippen LogP contribution is 2.46. The third-order valence-corrected chi connectivity index (χ3v) is 5.67. The molecule has 0 radical (unpaired) electrons. The lowest BCUT2D eigenvalue weighted by Gasteiger charge is -2.21. The molecule has 5 heteroatoms. The van der Waals surface area contributed by atoms with Gasteiger partial charge in [0.1, 0.15) is 17.7 Å². The Balaban J connectivity index is 1.59. The number of aryl methyl sites for hydroxylation is 1. The third kappa shape index (κ3) is 3.37. The number of nitrogens with one attached hydrogen (secondary N) is 1. The molecule has 1 aliphatic heterocycles. The number of anilines is 2. The van der Waals surface area contributed by atoms with E-state index in [1.54, 1.807) is 11.8 Å². The van der Waals surface area contributed by atoms with E-state index >= 15 is 0 Å². The normalized spacial score (nSPS) is 12.6. The van der Waals surface area contributed by atoms with E-state index in [1.807, 2.05) is 0 Å². The predicted octanol–water partition coefficient (Wildman–Crippen LogP) is 4.20. The van der Waals surface area contributed by atoms with Crippen molar-refractivity contribution in [3.05, 3.63) is 48.7 Å². The van der Waals surface area contributed by atoms with Crippen LogP contribution in [-0.4, -0.2) is 32.1 Å². The highest BCUT2D eigenvalue weighted by Gasteiger charge is 2.23. The van der Waals surface area contributed by atoms with Gasteiger partial charge in [-0.3, -0.25) is 0 Å². The Hall–Kier alpha value is -2.24. The standard InChI is InChI=1S/C21H23N3OS/c1-23(2)11-6-12-25-15-9-10-19-17(13-15)22-21-16-7-4-5-8-18(16)24(3)14-20(21)26-19/h4-5,7-10,13-14H,6,11-12H2,1-3H3/p+1. The lowest BCUT2D eigenvalue weighted by Crippen LogP contribution is -2.29. The predicted molar refractivity (Wildman–Crippen MR) is 108 cm³/mol. The van der Waals surface area contributed by atoms with E-state index in [0.29, 0.717) is 0 Å². The van der Waals surface area contributed by atoms with Gasteiger partial charge in [-0.2, -0.15) is 4.57 Å². The van der Waals surface area contributed by atoms with Gasteiger partial charge in [0.15, 0.2) is 6.20 Å². The number of rotatable bonds is 5. The van der Waals surface area contributed by atoms with E-state index < -0.39 is 0 Å². The molecule has 3 aromatic rings. The van der Waals surface area contributed by atoms with Crippen molar-refractivity contribution in [1.82, 2.24) is 4.90 Å². The van der Waals surface area contributed by atoms with Gasteiger partial charge in [0.2, 0.25) is 5.52 Å². The summed E-state index contributed by atoms with van der Waals surface area (Å²) in [6.45, 7) is 1.77. The summed E-state index contributed by atoms with van der Waals surface area (Å²) >= 11 is 1.81. The second-order valence-electron chi connectivity index (χ2n) is 6.89. The molecular weight excluding hydrogens is 342 g/mol. The van der Waals surface area contributed by atoms with Crippen LogP contribution in [0.25, 0.3) is 10.9 Å². The minimum Gasteiger partial charge on any atom is -0.493 e. The molecule has 0 saturated carbocycles. The fraction of sp³-hybridized carbons (Fsp3) is 0.286. The van der Waals surface area contributed by atoms with Crippen LogP contribution >= 0.6 is 11.8 Å². The fourth-order valence-corrected chi connectivity index (χ4v) is 4.32. The summed E-state index contributed by atoms with van der Waals surface area (Å²) in [6, 6.07) is 14.8. The second-order valence-corrected chi connectivity index (χ2v) is 7.97. The number of hydrogen-bond acceptors (Lipinski definition) is 4. The van der Waals surface area contributed by atoms with Gasteiger partial charge in [0, 0.05) is 23.6 Å². The van der Waals surface area contributed by atoms with Gasteiger partial charge in [-0.15, -0.1) is 0 Å². The quantitative estimate of drug-likeness (QED) is 0.423. The highest BCUT2D eigenvalue weighted by atomic mass is 32.2. The average molecular weight is 367 g/mol. The van der Waals surface area contributed by atoms with Gasteiger partial charge < -0.3 is 15.0 Å². The molecule has 0 bridgehead atoms.